The Morgan fingerprint density at radius 3 is 0.698 bits per heavy atom. The Bertz CT molecular complexity index is 539. The standard InChI is InChI=1S/2C16H35O3PS.Zn/c2*1-3-5-7-9-11-13-15-18-20(17,21)19-16-14-12-10-8-6-4-2;/h2*3-16H2,1-2H3,(H,17,21);/q;;+2/p-2. The van der Waals surface area contributed by atoms with E-state index in [0.29, 0.717) is 26.4 Å². The zero-order valence-electron chi connectivity index (χ0n) is 28.7. The molecule has 0 aliphatic carbocycles. The minimum atomic E-state index is -3.23. The van der Waals surface area contributed by atoms with Gasteiger partial charge in [-0.3, -0.25) is 0 Å². The second-order valence-corrected chi connectivity index (χ2v) is 16.8. The summed E-state index contributed by atoms with van der Waals surface area (Å²) in [4.78, 5) is 23.7. The molecule has 0 radical (unpaired) electrons. The van der Waals surface area contributed by atoms with Gasteiger partial charge in [-0.2, -0.15) is 0 Å². The summed E-state index contributed by atoms with van der Waals surface area (Å²) in [5.74, 6) is 0. The fourth-order valence-electron chi connectivity index (χ4n) is 4.31. The molecule has 0 fully saturated rings. The first kappa shape index (κ1) is 49.1. The molecule has 0 aromatic carbocycles. The van der Waals surface area contributed by atoms with E-state index in [-0.39, 0.29) is 19.5 Å². The minimum Gasteiger partial charge on any atom is -0.780 e. The van der Waals surface area contributed by atoms with Crippen LogP contribution in [-0.2, 0) is 61.2 Å². The summed E-state index contributed by atoms with van der Waals surface area (Å²) in [5.41, 5.74) is 0. The van der Waals surface area contributed by atoms with Crippen LogP contribution in [0.2, 0.25) is 0 Å². The van der Waals surface area contributed by atoms with Crippen LogP contribution >= 0.6 is 13.4 Å². The van der Waals surface area contributed by atoms with Crippen molar-refractivity contribution in [1.29, 1.82) is 0 Å². The normalized spacial score (nSPS) is 11.7. The van der Waals surface area contributed by atoms with Crippen LogP contribution in [0.15, 0.2) is 0 Å². The molecule has 256 valence electrons. The van der Waals surface area contributed by atoms with Crippen molar-refractivity contribution in [1.82, 2.24) is 0 Å². The molecule has 0 rings (SSSR count). The van der Waals surface area contributed by atoms with Crippen molar-refractivity contribution in [3.05, 3.63) is 0 Å². The summed E-state index contributed by atoms with van der Waals surface area (Å²) in [7, 11) is 0. The van der Waals surface area contributed by atoms with Crippen LogP contribution in [0.1, 0.15) is 182 Å². The fraction of sp³-hybridized carbons (Fsp3) is 1.00. The van der Waals surface area contributed by atoms with E-state index in [0.717, 1.165) is 51.4 Å². The average molecular weight is 740 g/mol. The Morgan fingerprint density at radius 2 is 0.512 bits per heavy atom. The zero-order chi connectivity index (χ0) is 31.6. The van der Waals surface area contributed by atoms with Gasteiger partial charge in [-0.15, -0.1) is 0 Å². The maximum atomic E-state index is 11.9. The van der Waals surface area contributed by atoms with Gasteiger partial charge in [0.2, 0.25) is 0 Å². The molecule has 0 aromatic heterocycles. The number of unbranched alkanes of at least 4 members (excludes halogenated alkanes) is 20. The minimum absolute atomic E-state index is 0. The van der Waals surface area contributed by atoms with Crippen LogP contribution in [0.25, 0.3) is 0 Å². The Balaban J connectivity index is -0.000000727. The van der Waals surface area contributed by atoms with E-state index in [4.69, 9.17) is 41.7 Å². The predicted octanol–water partition coefficient (Wildman–Crippen LogP) is 10.6. The third-order valence-electron chi connectivity index (χ3n) is 6.99. The van der Waals surface area contributed by atoms with E-state index in [1.807, 2.05) is 0 Å². The molecule has 0 saturated heterocycles. The average Bonchev–Trinajstić information content (AvgIpc) is 2.95. The van der Waals surface area contributed by atoms with Crippen LogP contribution in [0.3, 0.4) is 0 Å². The molecule has 0 aliphatic heterocycles. The van der Waals surface area contributed by atoms with Gasteiger partial charge in [0.15, 0.2) is 0 Å². The van der Waals surface area contributed by atoms with Crippen LogP contribution in [0.4, 0.5) is 0 Å². The second kappa shape index (κ2) is 38.1. The van der Waals surface area contributed by atoms with Gasteiger partial charge in [0, 0.05) is 0 Å². The quantitative estimate of drug-likeness (QED) is 0.0383. The van der Waals surface area contributed by atoms with Gasteiger partial charge in [-0.25, -0.2) is 0 Å². The van der Waals surface area contributed by atoms with Crippen molar-refractivity contribution in [2.24, 2.45) is 0 Å². The maximum Gasteiger partial charge on any atom is 2.00 e. The summed E-state index contributed by atoms with van der Waals surface area (Å²) in [6, 6.07) is 0. The summed E-state index contributed by atoms with van der Waals surface area (Å²) in [6.07, 6.45) is 28.3. The molecule has 43 heavy (non-hydrogen) atoms. The largest absolute Gasteiger partial charge is 2.00 e. The second-order valence-electron chi connectivity index (χ2n) is 11.3. The molecule has 0 aliphatic rings. The molecule has 0 atom stereocenters. The molecule has 0 unspecified atom stereocenters. The van der Waals surface area contributed by atoms with E-state index in [2.05, 4.69) is 27.7 Å². The van der Waals surface area contributed by atoms with Gasteiger partial charge in [0.1, 0.15) is 13.4 Å². The smallest absolute Gasteiger partial charge is 0.780 e. The Morgan fingerprint density at radius 1 is 0.349 bits per heavy atom. The van der Waals surface area contributed by atoms with Gasteiger partial charge in [-0.05, 0) is 25.7 Å². The third kappa shape index (κ3) is 43.7. The molecule has 0 spiro atoms. The summed E-state index contributed by atoms with van der Waals surface area (Å²) >= 11 is 9.79. The number of hydrogen-bond donors (Lipinski definition) is 0. The van der Waals surface area contributed by atoms with Crippen LogP contribution in [-0.4, -0.2) is 26.4 Å². The van der Waals surface area contributed by atoms with Crippen LogP contribution in [0.5, 0.6) is 0 Å². The molecule has 0 aromatic rings. The van der Waals surface area contributed by atoms with Crippen LogP contribution < -0.4 is 9.79 Å². The number of hydrogen-bond acceptors (Lipinski definition) is 8. The van der Waals surface area contributed by atoms with Crippen molar-refractivity contribution < 1.29 is 47.4 Å². The van der Waals surface area contributed by atoms with E-state index in [1.54, 1.807) is 0 Å². The molecule has 0 heterocycles. The Kier molecular flexibility index (Phi) is 43.5. The molecule has 0 saturated carbocycles. The summed E-state index contributed by atoms with van der Waals surface area (Å²) in [5, 5.41) is 0. The predicted molar refractivity (Wildman–Crippen MR) is 186 cm³/mol. The molecular formula is C32H68O6P2S2Zn. The first-order chi connectivity index (χ1) is 20.2. The third-order valence-corrected chi connectivity index (χ3v) is 10.2. The van der Waals surface area contributed by atoms with Crippen molar-refractivity contribution in [2.75, 3.05) is 26.4 Å². The number of rotatable bonds is 32. The van der Waals surface area contributed by atoms with Gasteiger partial charge in [-0.1, -0.05) is 180 Å². The fourth-order valence-corrected chi connectivity index (χ4v) is 6.76. The maximum absolute atomic E-state index is 11.9. The van der Waals surface area contributed by atoms with Gasteiger partial charge < -0.3 is 27.9 Å². The van der Waals surface area contributed by atoms with E-state index in [1.165, 1.54) is 103 Å². The van der Waals surface area contributed by atoms with E-state index < -0.39 is 13.4 Å². The van der Waals surface area contributed by atoms with Crippen molar-refractivity contribution >= 4 is 37.1 Å². The molecule has 0 amide bonds. The first-order valence-electron chi connectivity index (χ1n) is 17.4. The Hall–Kier alpha value is 1.68. The van der Waals surface area contributed by atoms with E-state index >= 15 is 0 Å². The molecular weight excluding hydrogens is 672 g/mol. The van der Waals surface area contributed by atoms with Crippen LogP contribution in [0, 0.1) is 0 Å². The first-order valence-corrected chi connectivity index (χ1v) is 22.6. The van der Waals surface area contributed by atoms with Crippen molar-refractivity contribution in [3.8, 4) is 0 Å². The molecule has 0 N–H and O–H groups in total. The van der Waals surface area contributed by atoms with Gasteiger partial charge >= 0.3 is 19.5 Å². The van der Waals surface area contributed by atoms with Crippen molar-refractivity contribution in [3.63, 3.8) is 0 Å². The molecule has 6 nitrogen and oxygen atoms in total. The molecule has 0 bridgehead atoms. The van der Waals surface area contributed by atoms with E-state index in [9.17, 15) is 9.79 Å². The zero-order valence-corrected chi connectivity index (χ0v) is 35.1. The van der Waals surface area contributed by atoms with Gasteiger partial charge in [0.05, 0.1) is 26.4 Å². The summed E-state index contributed by atoms with van der Waals surface area (Å²) in [6.45, 7) is 4.21. The Labute approximate surface area is 291 Å². The molecule has 11 heteroatoms. The van der Waals surface area contributed by atoms with Crippen molar-refractivity contribution in [2.45, 2.75) is 182 Å². The SMILES string of the molecule is CCCCCCCCOP([O-])(=S)OCCCCCCCC.CCCCCCCCOP([O-])(=S)OCCCCCCCC.[Zn+2]. The monoisotopic (exact) mass is 738 g/mol. The van der Waals surface area contributed by atoms with Gasteiger partial charge in [0.25, 0.3) is 0 Å². The summed E-state index contributed by atoms with van der Waals surface area (Å²) < 4.78 is 20.9. The topological polar surface area (TPSA) is 83.0 Å².